The van der Waals surface area contributed by atoms with Gasteiger partial charge in [0.15, 0.2) is 0 Å². The van der Waals surface area contributed by atoms with Crippen molar-refractivity contribution in [2.45, 2.75) is 57.0 Å². The van der Waals surface area contributed by atoms with E-state index in [1.165, 1.54) is 36.4 Å². The second kappa shape index (κ2) is 15.5. The molecule has 2 N–H and O–H groups in total. The van der Waals surface area contributed by atoms with Gasteiger partial charge in [-0.1, -0.05) is 44.9 Å². The summed E-state index contributed by atoms with van der Waals surface area (Å²) in [5.41, 5.74) is 1.13. The van der Waals surface area contributed by atoms with E-state index in [4.69, 9.17) is 14.2 Å². The topological polar surface area (TPSA) is 150 Å². The van der Waals surface area contributed by atoms with Gasteiger partial charge < -0.3 is 19.5 Å². The number of amides is 2. The van der Waals surface area contributed by atoms with E-state index in [0.717, 1.165) is 30.4 Å². The maximum Gasteiger partial charge on any atom is 0.515 e. The zero-order valence-corrected chi connectivity index (χ0v) is 24.6. The van der Waals surface area contributed by atoms with Crippen molar-refractivity contribution >= 4 is 28.0 Å². The quantitative estimate of drug-likeness (QED) is 0.253. The monoisotopic (exact) mass is 597 g/mol. The summed E-state index contributed by atoms with van der Waals surface area (Å²) in [5.74, 6) is -0.670. The van der Waals surface area contributed by atoms with E-state index in [2.05, 4.69) is 10.3 Å². The number of nitrogens with zero attached hydrogens (tertiary/aromatic N) is 1. The number of methoxy groups -OCH3 is 1. The van der Waals surface area contributed by atoms with E-state index < -0.39 is 22.1 Å². The van der Waals surface area contributed by atoms with Crippen LogP contribution in [-0.4, -0.2) is 51.1 Å². The van der Waals surface area contributed by atoms with E-state index in [0.29, 0.717) is 25.8 Å². The van der Waals surface area contributed by atoms with Crippen LogP contribution in [0.25, 0.3) is 0 Å². The average Bonchev–Trinajstić information content (AvgIpc) is 2.97. The summed E-state index contributed by atoms with van der Waals surface area (Å²) in [5, 5.41) is 2.79. The molecule has 1 heterocycles. The largest absolute Gasteiger partial charge is 0.515 e. The Morgan fingerprint density at radius 3 is 2.17 bits per heavy atom. The fourth-order valence-electron chi connectivity index (χ4n) is 4.07. The second-order valence-corrected chi connectivity index (χ2v) is 11.0. The molecule has 0 aliphatic carbocycles. The number of para-hydroxylation sites is 1. The molecule has 42 heavy (non-hydrogen) atoms. The molecule has 0 bridgehead atoms. The number of pyridine rings is 1. The first-order chi connectivity index (χ1) is 20.2. The van der Waals surface area contributed by atoms with Crippen LogP contribution in [0, 0.1) is 0 Å². The van der Waals surface area contributed by atoms with Crippen LogP contribution in [0.2, 0.25) is 0 Å². The zero-order valence-electron chi connectivity index (χ0n) is 23.8. The Balaban J connectivity index is 1.53. The molecule has 0 saturated carbocycles. The number of rotatable bonds is 14. The van der Waals surface area contributed by atoms with Crippen LogP contribution in [-0.2, 0) is 21.2 Å². The molecule has 0 fully saturated rings. The van der Waals surface area contributed by atoms with Crippen LogP contribution in [0.1, 0.15) is 65.8 Å². The number of ether oxygens (including phenoxy) is 3. The molecular formula is C30H35N3O8S. The number of aromatic nitrogens is 1. The van der Waals surface area contributed by atoms with Crippen LogP contribution in [0.5, 0.6) is 11.6 Å². The lowest BCUT2D eigenvalue weighted by Crippen LogP contribution is -2.31. The first-order valence-corrected chi connectivity index (χ1v) is 15.1. The molecule has 2 aromatic carbocycles. The molecule has 0 atom stereocenters. The third kappa shape index (κ3) is 9.30. The molecular weight excluding hydrogens is 562 g/mol. The van der Waals surface area contributed by atoms with Gasteiger partial charge in [-0.3, -0.25) is 9.59 Å². The first kappa shape index (κ1) is 32.1. The van der Waals surface area contributed by atoms with E-state index in [1.807, 2.05) is 42.8 Å². The Hall–Kier alpha value is -4.45. The summed E-state index contributed by atoms with van der Waals surface area (Å²) in [7, 11) is -2.66. The summed E-state index contributed by atoms with van der Waals surface area (Å²) >= 11 is 0. The van der Waals surface area contributed by atoms with Gasteiger partial charge in [-0.25, -0.2) is 22.9 Å². The average molecular weight is 598 g/mol. The predicted octanol–water partition coefficient (Wildman–Crippen LogP) is 4.67. The standard InChI is InChI=1S/C30H35N3O8S/c1-4-8-24(9-5-2)40-30(36)41-27-17-14-23(20-32-27)29(35)33-42(37,38)25-15-12-22(13-16-25)28(34)31-19-18-21-10-6-7-11-26(21)39-3/h6-7,10-17,20,24H,4-5,8-9,18-19H2,1-3H3,(H,31,34)(H,33,35). The number of hydrogen-bond donors (Lipinski definition) is 2. The lowest BCUT2D eigenvalue weighted by Gasteiger charge is -2.15. The molecule has 0 aliphatic rings. The highest BCUT2D eigenvalue weighted by molar-refractivity contribution is 7.90. The molecule has 0 saturated heterocycles. The van der Waals surface area contributed by atoms with E-state index in [9.17, 15) is 22.8 Å². The molecule has 2 amide bonds. The van der Waals surface area contributed by atoms with Gasteiger partial charge in [0.25, 0.3) is 21.8 Å². The summed E-state index contributed by atoms with van der Waals surface area (Å²) in [4.78, 5) is 40.8. The zero-order chi connectivity index (χ0) is 30.5. The van der Waals surface area contributed by atoms with Gasteiger partial charge in [0.05, 0.1) is 17.6 Å². The highest BCUT2D eigenvalue weighted by Gasteiger charge is 2.21. The third-order valence-electron chi connectivity index (χ3n) is 6.20. The summed E-state index contributed by atoms with van der Waals surface area (Å²) in [6, 6.07) is 15.2. The fourth-order valence-corrected chi connectivity index (χ4v) is 5.05. The Morgan fingerprint density at radius 2 is 1.55 bits per heavy atom. The Bertz CT molecular complexity index is 1450. The predicted molar refractivity (Wildman–Crippen MR) is 155 cm³/mol. The molecule has 11 nitrogen and oxygen atoms in total. The second-order valence-electron chi connectivity index (χ2n) is 9.33. The first-order valence-electron chi connectivity index (χ1n) is 13.6. The van der Waals surface area contributed by atoms with Gasteiger partial charge in [-0.15, -0.1) is 0 Å². The minimum Gasteiger partial charge on any atom is -0.496 e. The smallest absolute Gasteiger partial charge is 0.496 e. The highest BCUT2D eigenvalue weighted by atomic mass is 32.2. The molecule has 1 aromatic heterocycles. The van der Waals surface area contributed by atoms with Crippen LogP contribution >= 0.6 is 0 Å². The molecule has 224 valence electrons. The van der Waals surface area contributed by atoms with Gasteiger partial charge in [-0.2, -0.15) is 0 Å². The molecule has 0 aliphatic heterocycles. The van der Waals surface area contributed by atoms with Crippen molar-refractivity contribution in [1.82, 2.24) is 15.0 Å². The Kier molecular flexibility index (Phi) is 11.9. The van der Waals surface area contributed by atoms with Crippen molar-refractivity contribution in [3.63, 3.8) is 0 Å². The van der Waals surface area contributed by atoms with Gasteiger partial charge >= 0.3 is 6.16 Å². The number of benzene rings is 2. The molecule has 0 spiro atoms. The van der Waals surface area contributed by atoms with Crippen LogP contribution in [0.15, 0.2) is 71.8 Å². The van der Waals surface area contributed by atoms with E-state index in [1.54, 1.807) is 7.11 Å². The van der Waals surface area contributed by atoms with Crippen LogP contribution in [0.4, 0.5) is 4.79 Å². The normalized spacial score (nSPS) is 11.0. The van der Waals surface area contributed by atoms with Crippen molar-refractivity contribution in [3.8, 4) is 11.6 Å². The van der Waals surface area contributed by atoms with Crippen LogP contribution < -0.4 is 19.5 Å². The van der Waals surface area contributed by atoms with Crippen molar-refractivity contribution in [3.05, 3.63) is 83.6 Å². The number of carbonyl (C=O) groups excluding carboxylic acids is 3. The van der Waals surface area contributed by atoms with Gasteiger partial charge in [-0.05, 0) is 61.2 Å². The fraction of sp³-hybridized carbons (Fsp3) is 0.333. The lowest BCUT2D eigenvalue weighted by atomic mass is 10.1. The Morgan fingerprint density at radius 1 is 0.881 bits per heavy atom. The number of nitrogens with one attached hydrogen (secondary N) is 2. The third-order valence-corrected chi connectivity index (χ3v) is 7.54. The molecule has 3 rings (SSSR count). The van der Waals surface area contributed by atoms with Crippen molar-refractivity contribution in [2.75, 3.05) is 13.7 Å². The molecule has 3 aromatic rings. The van der Waals surface area contributed by atoms with E-state index >= 15 is 0 Å². The van der Waals surface area contributed by atoms with Gasteiger partial charge in [0.2, 0.25) is 5.88 Å². The van der Waals surface area contributed by atoms with E-state index in [-0.39, 0.29) is 33.9 Å². The van der Waals surface area contributed by atoms with Crippen molar-refractivity contribution in [1.29, 1.82) is 0 Å². The SMILES string of the molecule is CCCC(CCC)OC(=O)Oc1ccc(C(=O)NS(=O)(=O)c2ccc(C(=O)NCCc3ccccc3OC)cc2)cn1. The lowest BCUT2D eigenvalue weighted by molar-refractivity contribution is 0.0490. The molecule has 0 radical (unpaired) electrons. The summed E-state index contributed by atoms with van der Waals surface area (Å²) in [6.45, 7) is 4.33. The highest BCUT2D eigenvalue weighted by Crippen LogP contribution is 2.18. The number of sulfonamides is 1. The maximum atomic E-state index is 12.8. The minimum absolute atomic E-state index is 0.0693. The summed E-state index contributed by atoms with van der Waals surface area (Å²) in [6.07, 6.45) is 3.62. The maximum absolute atomic E-state index is 12.8. The summed E-state index contributed by atoms with van der Waals surface area (Å²) < 4.78 is 43.2. The van der Waals surface area contributed by atoms with Gasteiger partial charge in [0.1, 0.15) is 11.9 Å². The number of carbonyl (C=O) groups is 3. The Labute approximate surface area is 245 Å². The minimum atomic E-state index is -4.24. The van der Waals surface area contributed by atoms with Crippen molar-refractivity contribution < 1.29 is 37.0 Å². The number of hydrogen-bond acceptors (Lipinski definition) is 9. The van der Waals surface area contributed by atoms with Gasteiger partial charge in [0, 0.05) is 24.4 Å². The van der Waals surface area contributed by atoms with Crippen molar-refractivity contribution in [2.24, 2.45) is 0 Å². The van der Waals surface area contributed by atoms with Crippen LogP contribution in [0.3, 0.4) is 0 Å². The molecule has 0 unspecified atom stereocenters. The molecule has 12 heteroatoms.